The van der Waals surface area contributed by atoms with E-state index >= 15 is 0 Å². The van der Waals surface area contributed by atoms with E-state index in [1.54, 1.807) is 12.3 Å². The van der Waals surface area contributed by atoms with Crippen LogP contribution < -0.4 is 20.1 Å². The van der Waals surface area contributed by atoms with Crippen LogP contribution in [0.3, 0.4) is 0 Å². The molecule has 25 heavy (non-hydrogen) atoms. The molecule has 1 aromatic carbocycles. The molecule has 4 rings (SSSR count). The molecule has 0 unspecified atom stereocenters. The van der Waals surface area contributed by atoms with E-state index in [4.69, 9.17) is 9.47 Å². The van der Waals surface area contributed by atoms with Gasteiger partial charge in [0, 0.05) is 25.2 Å². The van der Waals surface area contributed by atoms with Gasteiger partial charge in [0.1, 0.15) is 5.82 Å². The summed E-state index contributed by atoms with van der Waals surface area (Å²) in [5, 5.41) is 6.22. The number of hydrogen-bond donors (Lipinski definition) is 2. The van der Waals surface area contributed by atoms with Crippen molar-refractivity contribution in [2.24, 2.45) is 0 Å². The Balaban J connectivity index is 1.36. The molecule has 2 aliphatic rings. The highest BCUT2D eigenvalue weighted by atomic mass is 16.5. The number of fused-ring (bicyclic) bond motifs is 1. The van der Waals surface area contributed by atoms with Crippen LogP contribution >= 0.6 is 0 Å². The quantitative estimate of drug-likeness (QED) is 0.876. The lowest BCUT2D eigenvalue weighted by Crippen LogP contribution is -2.25. The normalized spacial score (nSPS) is 16.0. The van der Waals surface area contributed by atoms with Gasteiger partial charge in [-0.2, -0.15) is 0 Å². The minimum absolute atomic E-state index is 0.0514. The summed E-state index contributed by atoms with van der Waals surface area (Å²) in [6.45, 7) is 1.99. The third-order valence-electron chi connectivity index (χ3n) is 4.22. The van der Waals surface area contributed by atoms with Gasteiger partial charge in [-0.15, -0.1) is 0 Å². The molecule has 0 saturated heterocycles. The van der Waals surface area contributed by atoms with Gasteiger partial charge in [0.25, 0.3) is 5.91 Å². The van der Waals surface area contributed by atoms with E-state index in [2.05, 4.69) is 15.6 Å². The molecule has 1 aliphatic heterocycles. The van der Waals surface area contributed by atoms with Crippen LogP contribution in [0.15, 0.2) is 36.5 Å². The molecule has 0 radical (unpaired) electrons. The van der Waals surface area contributed by atoms with Crippen molar-refractivity contribution in [1.82, 2.24) is 10.3 Å². The van der Waals surface area contributed by atoms with E-state index in [1.807, 2.05) is 24.3 Å². The molecule has 130 valence electrons. The number of nitrogens with one attached hydrogen (secondary N) is 2. The SMILES string of the molecule is O=C(NC1CC1)c1ccc(NCc2ccc3c(c2)OCCCO3)nc1. The van der Waals surface area contributed by atoms with Gasteiger partial charge in [-0.25, -0.2) is 4.98 Å². The maximum Gasteiger partial charge on any atom is 0.253 e. The molecular formula is C19H21N3O3. The Morgan fingerprint density at radius 2 is 1.96 bits per heavy atom. The molecular weight excluding hydrogens is 318 g/mol. The molecule has 6 nitrogen and oxygen atoms in total. The molecule has 1 saturated carbocycles. The van der Waals surface area contributed by atoms with Gasteiger partial charge in [0.2, 0.25) is 0 Å². The second-order valence-electron chi connectivity index (χ2n) is 6.36. The number of ether oxygens (including phenoxy) is 2. The fourth-order valence-electron chi connectivity index (χ4n) is 2.64. The molecule has 0 bridgehead atoms. The number of nitrogens with zero attached hydrogens (tertiary/aromatic N) is 1. The van der Waals surface area contributed by atoms with Crippen LogP contribution in [0.1, 0.15) is 35.2 Å². The van der Waals surface area contributed by atoms with Crippen LogP contribution in [-0.4, -0.2) is 30.1 Å². The minimum Gasteiger partial charge on any atom is -0.490 e. The van der Waals surface area contributed by atoms with E-state index in [0.717, 1.165) is 42.1 Å². The summed E-state index contributed by atoms with van der Waals surface area (Å²) in [5.41, 5.74) is 1.68. The standard InChI is InChI=1S/C19H21N3O3/c23-19(22-15-4-5-15)14-3-7-18(21-12-14)20-11-13-2-6-16-17(10-13)25-9-1-8-24-16/h2-3,6-7,10,12,15H,1,4-5,8-9,11H2,(H,20,21)(H,22,23). The van der Waals surface area contributed by atoms with Crippen molar-refractivity contribution in [2.45, 2.75) is 31.8 Å². The molecule has 1 aliphatic carbocycles. The van der Waals surface area contributed by atoms with Gasteiger partial charge in [-0.05, 0) is 42.7 Å². The number of pyridine rings is 1. The fraction of sp³-hybridized carbons (Fsp3) is 0.368. The Labute approximate surface area is 146 Å². The maximum absolute atomic E-state index is 12.0. The summed E-state index contributed by atoms with van der Waals surface area (Å²) >= 11 is 0. The summed E-state index contributed by atoms with van der Waals surface area (Å²) in [7, 11) is 0. The smallest absolute Gasteiger partial charge is 0.253 e. The molecule has 0 atom stereocenters. The van der Waals surface area contributed by atoms with Crippen molar-refractivity contribution in [3.63, 3.8) is 0 Å². The van der Waals surface area contributed by atoms with Gasteiger partial charge in [-0.1, -0.05) is 6.07 Å². The largest absolute Gasteiger partial charge is 0.490 e. The van der Waals surface area contributed by atoms with Crippen molar-refractivity contribution in [2.75, 3.05) is 18.5 Å². The van der Waals surface area contributed by atoms with Crippen molar-refractivity contribution in [3.8, 4) is 11.5 Å². The molecule has 2 heterocycles. The Bertz CT molecular complexity index is 757. The highest BCUT2D eigenvalue weighted by molar-refractivity contribution is 5.94. The van der Waals surface area contributed by atoms with E-state index in [1.165, 1.54) is 0 Å². The number of amides is 1. The van der Waals surface area contributed by atoms with Crippen molar-refractivity contribution in [1.29, 1.82) is 0 Å². The average molecular weight is 339 g/mol. The number of anilines is 1. The monoisotopic (exact) mass is 339 g/mol. The van der Waals surface area contributed by atoms with Gasteiger partial charge in [-0.3, -0.25) is 4.79 Å². The maximum atomic E-state index is 12.0. The minimum atomic E-state index is -0.0514. The van der Waals surface area contributed by atoms with Crippen LogP contribution in [0, 0.1) is 0 Å². The molecule has 0 spiro atoms. The van der Waals surface area contributed by atoms with Crippen molar-refractivity contribution in [3.05, 3.63) is 47.7 Å². The van der Waals surface area contributed by atoms with E-state index in [-0.39, 0.29) is 5.91 Å². The second kappa shape index (κ2) is 7.01. The third-order valence-corrected chi connectivity index (χ3v) is 4.22. The summed E-state index contributed by atoms with van der Waals surface area (Å²) in [5.74, 6) is 2.27. The summed E-state index contributed by atoms with van der Waals surface area (Å²) in [4.78, 5) is 16.3. The third kappa shape index (κ3) is 4.02. The lowest BCUT2D eigenvalue weighted by molar-refractivity contribution is 0.0950. The van der Waals surface area contributed by atoms with E-state index < -0.39 is 0 Å². The molecule has 6 heteroatoms. The molecule has 1 fully saturated rings. The number of rotatable bonds is 5. The number of hydrogen-bond acceptors (Lipinski definition) is 5. The zero-order valence-corrected chi connectivity index (χ0v) is 14.0. The van der Waals surface area contributed by atoms with Gasteiger partial charge < -0.3 is 20.1 Å². The Morgan fingerprint density at radius 3 is 2.72 bits per heavy atom. The summed E-state index contributed by atoms with van der Waals surface area (Å²) < 4.78 is 11.3. The molecule has 1 amide bonds. The van der Waals surface area contributed by atoms with Crippen LogP contribution in [0.2, 0.25) is 0 Å². The Hall–Kier alpha value is -2.76. The van der Waals surface area contributed by atoms with Crippen LogP contribution in [0.25, 0.3) is 0 Å². The second-order valence-corrected chi connectivity index (χ2v) is 6.36. The van der Waals surface area contributed by atoms with Crippen molar-refractivity contribution < 1.29 is 14.3 Å². The highest BCUT2D eigenvalue weighted by Crippen LogP contribution is 2.30. The number of aromatic nitrogens is 1. The average Bonchev–Trinajstić information content (AvgIpc) is 3.47. The van der Waals surface area contributed by atoms with Crippen LogP contribution in [0.5, 0.6) is 11.5 Å². The number of carbonyl (C=O) groups excluding carboxylic acids is 1. The summed E-state index contributed by atoms with van der Waals surface area (Å²) in [6, 6.07) is 9.91. The predicted molar refractivity (Wildman–Crippen MR) is 94.1 cm³/mol. The first kappa shape index (κ1) is 15.7. The van der Waals surface area contributed by atoms with Crippen molar-refractivity contribution >= 4 is 11.7 Å². The van der Waals surface area contributed by atoms with Gasteiger partial charge in [0.15, 0.2) is 11.5 Å². The molecule has 1 aromatic heterocycles. The fourth-order valence-corrected chi connectivity index (χ4v) is 2.64. The van der Waals surface area contributed by atoms with Crippen LogP contribution in [-0.2, 0) is 6.54 Å². The first-order valence-electron chi connectivity index (χ1n) is 8.67. The van der Waals surface area contributed by atoms with E-state index in [0.29, 0.717) is 31.4 Å². The first-order valence-corrected chi connectivity index (χ1v) is 8.67. The Morgan fingerprint density at radius 1 is 1.12 bits per heavy atom. The zero-order chi connectivity index (χ0) is 17.1. The highest BCUT2D eigenvalue weighted by Gasteiger charge is 2.23. The van der Waals surface area contributed by atoms with Gasteiger partial charge >= 0.3 is 0 Å². The lowest BCUT2D eigenvalue weighted by Gasteiger charge is -2.11. The van der Waals surface area contributed by atoms with E-state index in [9.17, 15) is 4.79 Å². The van der Waals surface area contributed by atoms with Gasteiger partial charge in [0.05, 0.1) is 18.8 Å². The number of carbonyl (C=O) groups is 1. The molecule has 2 aromatic rings. The number of benzene rings is 1. The lowest BCUT2D eigenvalue weighted by atomic mass is 10.2. The van der Waals surface area contributed by atoms with Crippen LogP contribution in [0.4, 0.5) is 5.82 Å². The summed E-state index contributed by atoms with van der Waals surface area (Å²) in [6.07, 6.45) is 4.66. The molecule has 2 N–H and O–H groups in total. The first-order chi connectivity index (χ1) is 12.3. The topological polar surface area (TPSA) is 72.5 Å². The zero-order valence-electron chi connectivity index (χ0n) is 14.0. The Kier molecular flexibility index (Phi) is 4.41. The predicted octanol–water partition coefficient (Wildman–Crippen LogP) is 2.75.